The third-order valence-electron chi connectivity index (χ3n) is 2.15. The summed E-state index contributed by atoms with van der Waals surface area (Å²) in [6.07, 6.45) is 3.30. The van der Waals surface area contributed by atoms with Gasteiger partial charge in [0.1, 0.15) is 12.4 Å². The quantitative estimate of drug-likeness (QED) is 0.693. The first-order valence-corrected chi connectivity index (χ1v) is 6.11. The molecule has 0 saturated heterocycles. The van der Waals surface area contributed by atoms with Gasteiger partial charge in [0.15, 0.2) is 0 Å². The van der Waals surface area contributed by atoms with Crippen LogP contribution in [0.3, 0.4) is 0 Å². The lowest BCUT2D eigenvalue weighted by atomic mass is 10.2. The van der Waals surface area contributed by atoms with E-state index in [2.05, 4.69) is 33.8 Å². The zero-order valence-corrected chi connectivity index (χ0v) is 11.6. The number of ether oxygens (including phenoxy) is 2. The summed E-state index contributed by atoms with van der Waals surface area (Å²) in [6, 6.07) is 7.02. The number of hydrogen-bond acceptors (Lipinski definition) is 5. The van der Waals surface area contributed by atoms with E-state index < -0.39 is 0 Å². The average Bonchev–Trinajstić information content (AvgIpc) is 2.75. The molecule has 1 heterocycles. The number of rotatable bonds is 4. The third kappa shape index (κ3) is 2.97. The van der Waals surface area contributed by atoms with Crippen LogP contribution in [0.1, 0.15) is 5.56 Å². The van der Waals surface area contributed by atoms with Crippen molar-refractivity contribution in [3.8, 4) is 17.9 Å². The van der Waals surface area contributed by atoms with Gasteiger partial charge in [-0.2, -0.15) is 0 Å². The van der Waals surface area contributed by atoms with Crippen LogP contribution in [0.4, 0.5) is 0 Å². The van der Waals surface area contributed by atoms with Crippen LogP contribution in [-0.2, 0) is 6.61 Å². The van der Waals surface area contributed by atoms with Gasteiger partial charge in [0, 0.05) is 22.3 Å². The van der Waals surface area contributed by atoms with Gasteiger partial charge in [-0.3, -0.25) is 0 Å². The van der Waals surface area contributed by atoms with Crippen molar-refractivity contribution < 1.29 is 9.47 Å². The van der Waals surface area contributed by atoms with Crippen molar-refractivity contribution in [2.45, 2.75) is 6.61 Å². The minimum Gasteiger partial charge on any atom is -0.472 e. The van der Waals surface area contributed by atoms with Crippen molar-refractivity contribution in [3.63, 3.8) is 0 Å². The summed E-state index contributed by atoms with van der Waals surface area (Å²) in [7, 11) is 0. The van der Waals surface area contributed by atoms with Gasteiger partial charge in [0.25, 0.3) is 6.26 Å². The first-order chi connectivity index (χ1) is 8.70. The molecule has 1 aromatic carbocycles. The summed E-state index contributed by atoms with van der Waals surface area (Å²) in [5, 5.41) is 12.5. The van der Waals surface area contributed by atoms with Crippen molar-refractivity contribution in [1.82, 2.24) is 9.19 Å². The summed E-state index contributed by atoms with van der Waals surface area (Å²) < 4.78 is 12.5. The van der Waals surface area contributed by atoms with Gasteiger partial charge in [-0.1, -0.05) is 22.0 Å². The fraction of sp³-hybridized carbons (Fsp3) is 0.0909. The summed E-state index contributed by atoms with van der Waals surface area (Å²) in [5.74, 6) is 0.904. The lowest BCUT2D eigenvalue weighted by molar-refractivity contribution is 0.287. The molecule has 0 radical (unpaired) electrons. The number of hydrogen-bond donors (Lipinski definition) is 1. The van der Waals surface area contributed by atoms with Gasteiger partial charge in [-0.15, -0.1) is 10.4 Å². The zero-order valence-electron chi connectivity index (χ0n) is 9.08. The van der Waals surface area contributed by atoms with Gasteiger partial charge in [-0.05, 0) is 24.9 Å². The molecule has 0 aliphatic carbocycles. The van der Waals surface area contributed by atoms with Crippen LogP contribution in [0.25, 0.3) is 0 Å². The predicted molar refractivity (Wildman–Crippen MR) is 71.3 cm³/mol. The molecule has 0 unspecified atom stereocenters. The molecule has 0 aliphatic rings. The van der Waals surface area contributed by atoms with Gasteiger partial charge in [-0.25, -0.2) is 4.09 Å². The Bertz CT molecular complexity index is 594. The zero-order chi connectivity index (χ0) is 13.0. The van der Waals surface area contributed by atoms with Gasteiger partial charge < -0.3 is 9.47 Å². The van der Waals surface area contributed by atoms with E-state index in [1.54, 1.807) is 30.7 Å². The van der Waals surface area contributed by atoms with E-state index >= 15 is 0 Å². The molecule has 0 saturated carbocycles. The Hall–Kier alpha value is -1.65. The number of halogens is 1. The molecule has 5 nitrogen and oxygen atoms in total. The van der Waals surface area contributed by atoms with Gasteiger partial charge >= 0.3 is 0 Å². The molecule has 0 bridgehead atoms. The highest BCUT2D eigenvalue weighted by atomic mass is 79.9. The highest BCUT2D eigenvalue weighted by Crippen LogP contribution is 2.27. The Kier molecular flexibility index (Phi) is 4.12. The molecule has 18 heavy (non-hydrogen) atoms. The van der Waals surface area contributed by atoms with E-state index in [9.17, 15) is 0 Å². The summed E-state index contributed by atoms with van der Waals surface area (Å²) in [6.45, 7) is 0.239. The van der Waals surface area contributed by atoms with Crippen LogP contribution < -0.4 is 9.47 Å². The van der Waals surface area contributed by atoms with Crippen molar-refractivity contribution in [1.29, 1.82) is 5.26 Å². The number of aromatic nitrogens is 2. The second kappa shape index (κ2) is 5.80. The Morgan fingerprint density at radius 1 is 1.44 bits per heavy atom. The Balaban J connectivity index is 2.15. The Morgan fingerprint density at radius 3 is 2.94 bits per heavy atom. The molecular formula is C11H8BrN3O2S. The largest absolute Gasteiger partial charge is 0.472 e. The second-order valence-electron chi connectivity index (χ2n) is 3.27. The van der Waals surface area contributed by atoms with E-state index in [1.807, 2.05) is 6.07 Å². The molecule has 0 amide bonds. The Morgan fingerprint density at radius 2 is 2.28 bits per heavy atom. The third-order valence-corrected chi connectivity index (χ3v) is 3.11. The highest BCUT2D eigenvalue weighted by Gasteiger charge is 2.10. The maximum atomic E-state index is 8.57. The van der Waals surface area contributed by atoms with Crippen LogP contribution in [0.5, 0.6) is 11.6 Å². The molecular weight excluding hydrogens is 318 g/mol. The number of benzene rings is 1. The maximum absolute atomic E-state index is 8.57. The Labute approximate surface area is 118 Å². The molecule has 0 N–H and O–H groups in total. The molecule has 0 aliphatic heterocycles. The summed E-state index contributed by atoms with van der Waals surface area (Å²) in [5.41, 5.74) is 0.743. The van der Waals surface area contributed by atoms with E-state index in [1.165, 1.54) is 4.09 Å². The topological polar surface area (TPSA) is 60.1 Å². The number of nitriles is 1. The first-order valence-electron chi connectivity index (χ1n) is 4.92. The molecule has 2 aromatic rings. The monoisotopic (exact) mass is 325 g/mol. The molecule has 0 fully saturated rings. The smallest absolute Gasteiger partial charge is 0.292 e. The lowest BCUT2D eigenvalue weighted by Gasteiger charge is -2.08. The minimum absolute atomic E-state index is 0.239. The normalized spacial score (nSPS) is 9.83. The second-order valence-corrected chi connectivity index (χ2v) is 4.54. The van der Waals surface area contributed by atoms with E-state index in [4.69, 9.17) is 14.7 Å². The molecule has 7 heteroatoms. The molecule has 0 spiro atoms. The molecule has 0 atom stereocenters. The first kappa shape index (κ1) is 12.8. The van der Waals surface area contributed by atoms with E-state index in [-0.39, 0.29) is 6.61 Å². The van der Waals surface area contributed by atoms with Gasteiger partial charge in [0.05, 0.1) is 0 Å². The minimum atomic E-state index is 0.239. The lowest BCUT2D eigenvalue weighted by Crippen LogP contribution is -2.00. The average molecular weight is 326 g/mol. The van der Waals surface area contributed by atoms with Crippen LogP contribution in [0.2, 0.25) is 0 Å². The predicted octanol–water partition coefficient (Wildman–Crippen LogP) is 2.78. The number of thiol groups is 1. The van der Waals surface area contributed by atoms with E-state index in [0.717, 1.165) is 10.0 Å². The van der Waals surface area contributed by atoms with Crippen molar-refractivity contribution in [2.24, 2.45) is 0 Å². The van der Waals surface area contributed by atoms with Crippen LogP contribution in [0.15, 0.2) is 34.9 Å². The fourth-order valence-electron chi connectivity index (χ4n) is 1.34. The van der Waals surface area contributed by atoms with Crippen molar-refractivity contribution in [2.75, 3.05) is 0 Å². The summed E-state index contributed by atoms with van der Waals surface area (Å²) in [4.78, 5) is 0. The summed E-state index contributed by atoms with van der Waals surface area (Å²) >= 11 is 7.39. The standard InChI is InChI=1S/C11H8BrN3O2S/c12-9-2-1-3-10(17-7-13)8(9)6-16-11-4-5-15(18)14-11/h1-5,18H,6H2. The molecule has 92 valence electrons. The van der Waals surface area contributed by atoms with Gasteiger partial charge in [0.2, 0.25) is 5.88 Å². The van der Waals surface area contributed by atoms with Crippen LogP contribution in [0, 0.1) is 11.5 Å². The van der Waals surface area contributed by atoms with Crippen molar-refractivity contribution >= 4 is 28.7 Å². The van der Waals surface area contributed by atoms with Crippen molar-refractivity contribution in [3.05, 3.63) is 40.5 Å². The molecule has 1 aromatic heterocycles. The van der Waals surface area contributed by atoms with Crippen LogP contribution in [-0.4, -0.2) is 9.19 Å². The fourth-order valence-corrected chi connectivity index (χ4v) is 1.96. The van der Waals surface area contributed by atoms with Crippen LogP contribution >= 0.6 is 28.7 Å². The SMILES string of the molecule is N#COc1cccc(Br)c1COc1ccn(S)n1. The van der Waals surface area contributed by atoms with E-state index in [0.29, 0.717) is 11.6 Å². The maximum Gasteiger partial charge on any atom is 0.292 e. The highest BCUT2D eigenvalue weighted by molar-refractivity contribution is 9.10. The molecule has 2 rings (SSSR count). The number of nitrogens with zero attached hydrogens (tertiary/aromatic N) is 3.